The van der Waals surface area contributed by atoms with Gasteiger partial charge in [-0.3, -0.25) is 9.89 Å². The van der Waals surface area contributed by atoms with Gasteiger partial charge in [-0.15, -0.1) is 0 Å². The lowest BCUT2D eigenvalue weighted by atomic mass is 9.98. The number of hydrogen-bond donors (Lipinski definition) is 1. The standard InChI is InChI=1S/C12H12BrN3O/c13-8-5-6-11(14-7-8)16-12(17)9-3-1-2-4-10(9)15-16/h5-7,15H,1-4H2. The van der Waals surface area contributed by atoms with Crippen LogP contribution in [0.4, 0.5) is 0 Å². The summed E-state index contributed by atoms with van der Waals surface area (Å²) in [6.07, 6.45) is 5.80. The predicted octanol–water partition coefficient (Wildman–Crippen LogP) is 2.20. The monoisotopic (exact) mass is 293 g/mol. The van der Waals surface area contributed by atoms with E-state index in [0.29, 0.717) is 5.82 Å². The third-order valence-corrected chi connectivity index (χ3v) is 3.59. The molecule has 4 nitrogen and oxygen atoms in total. The van der Waals surface area contributed by atoms with Gasteiger partial charge in [-0.05, 0) is 53.7 Å². The molecule has 0 saturated carbocycles. The molecule has 0 saturated heterocycles. The highest BCUT2D eigenvalue weighted by atomic mass is 79.9. The average molecular weight is 294 g/mol. The van der Waals surface area contributed by atoms with Crippen LogP contribution in [0.1, 0.15) is 24.1 Å². The molecule has 2 aromatic heterocycles. The molecular weight excluding hydrogens is 282 g/mol. The van der Waals surface area contributed by atoms with E-state index in [-0.39, 0.29) is 5.56 Å². The van der Waals surface area contributed by atoms with Gasteiger partial charge < -0.3 is 0 Å². The largest absolute Gasteiger partial charge is 0.293 e. The number of rotatable bonds is 1. The molecular formula is C12H12BrN3O. The minimum atomic E-state index is 0.0505. The van der Waals surface area contributed by atoms with Crippen molar-refractivity contribution in [2.75, 3.05) is 0 Å². The van der Waals surface area contributed by atoms with Gasteiger partial charge >= 0.3 is 0 Å². The van der Waals surface area contributed by atoms with Crippen molar-refractivity contribution in [3.05, 3.63) is 44.4 Å². The molecule has 2 aromatic rings. The van der Waals surface area contributed by atoms with E-state index in [1.165, 1.54) is 0 Å². The van der Waals surface area contributed by atoms with Gasteiger partial charge in [0.15, 0.2) is 5.82 Å². The Morgan fingerprint density at radius 1 is 1.29 bits per heavy atom. The van der Waals surface area contributed by atoms with Crippen LogP contribution in [0.3, 0.4) is 0 Å². The lowest BCUT2D eigenvalue weighted by Crippen LogP contribution is -2.18. The molecule has 88 valence electrons. The molecule has 17 heavy (non-hydrogen) atoms. The smallest absolute Gasteiger partial charge is 0.276 e. The second-order valence-corrected chi connectivity index (χ2v) is 5.17. The zero-order chi connectivity index (χ0) is 11.8. The first-order valence-corrected chi connectivity index (χ1v) is 6.50. The number of hydrogen-bond acceptors (Lipinski definition) is 2. The Kier molecular flexibility index (Phi) is 2.63. The van der Waals surface area contributed by atoms with E-state index in [4.69, 9.17) is 0 Å². The van der Waals surface area contributed by atoms with Crippen LogP contribution in [0, 0.1) is 0 Å². The Morgan fingerprint density at radius 3 is 2.82 bits per heavy atom. The van der Waals surface area contributed by atoms with Crippen LogP contribution < -0.4 is 5.56 Å². The topological polar surface area (TPSA) is 50.7 Å². The van der Waals surface area contributed by atoms with Crippen LogP contribution in [0.2, 0.25) is 0 Å². The maximum absolute atomic E-state index is 12.2. The van der Waals surface area contributed by atoms with Gasteiger partial charge in [0.1, 0.15) is 0 Å². The van der Waals surface area contributed by atoms with Crippen molar-refractivity contribution < 1.29 is 0 Å². The zero-order valence-electron chi connectivity index (χ0n) is 9.24. The minimum Gasteiger partial charge on any atom is -0.293 e. The Bertz CT molecular complexity index is 597. The van der Waals surface area contributed by atoms with Crippen molar-refractivity contribution in [3.8, 4) is 5.82 Å². The molecule has 0 unspecified atom stereocenters. The van der Waals surface area contributed by atoms with Crippen LogP contribution in [0.25, 0.3) is 5.82 Å². The number of halogens is 1. The summed E-state index contributed by atoms with van der Waals surface area (Å²) in [7, 11) is 0. The summed E-state index contributed by atoms with van der Waals surface area (Å²) >= 11 is 3.33. The lowest BCUT2D eigenvalue weighted by Gasteiger charge is -2.07. The Morgan fingerprint density at radius 2 is 2.12 bits per heavy atom. The summed E-state index contributed by atoms with van der Waals surface area (Å²) < 4.78 is 2.45. The molecule has 0 amide bonds. The van der Waals surface area contributed by atoms with E-state index in [1.807, 2.05) is 12.1 Å². The highest BCUT2D eigenvalue weighted by molar-refractivity contribution is 9.10. The van der Waals surface area contributed by atoms with Crippen molar-refractivity contribution >= 4 is 15.9 Å². The van der Waals surface area contributed by atoms with Gasteiger partial charge in [-0.25, -0.2) is 9.67 Å². The van der Waals surface area contributed by atoms with Crippen LogP contribution in [-0.2, 0) is 12.8 Å². The molecule has 5 heteroatoms. The molecule has 1 aliphatic carbocycles. The molecule has 1 aliphatic rings. The number of H-pyrrole nitrogens is 1. The number of nitrogens with one attached hydrogen (secondary N) is 1. The normalized spacial score (nSPS) is 14.6. The van der Waals surface area contributed by atoms with E-state index in [1.54, 1.807) is 10.9 Å². The van der Waals surface area contributed by atoms with E-state index in [0.717, 1.165) is 41.4 Å². The average Bonchev–Trinajstić information content (AvgIpc) is 2.69. The minimum absolute atomic E-state index is 0.0505. The van der Waals surface area contributed by atoms with Gasteiger partial charge in [0.2, 0.25) is 0 Å². The first kappa shape index (κ1) is 10.8. The fraction of sp³-hybridized carbons (Fsp3) is 0.333. The van der Waals surface area contributed by atoms with E-state index >= 15 is 0 Å². The van der Waals surface area contributed by atoms with Gasteiger partial charge in [0.05, 0.1) is 0 Å². The van der Waals surface area contributed by atoms with Crippen molar-refractivity contribution in [2.24, 2.45) is 0 Å². The van der Waals surface area contributed by atoms with Gasteiger partial charge in [-0.1, -0.05) is 0 Å². The summed E-state index contributed by atoms with van der Waals surface area (Å²) in [6.45, 7) is 0. The third-order valence-electron chi connectivity index (χ3n) is 3.12. The Labute approximate surface area is 107 Å². The summed E-state index contributed by atoms with van der Waals surface area (Å²) in [5.41, 5.74) is 2.06. The molecule has 0 aromatic carbocycles. The SMILES string of the molecule is O=c1c2c([nH]n1-c1ccc(Br)cn1)CCCC2. The Hall–Kier alpha value is -1.36. The fourth-order valence-corrected chi connectivity index (χ4v) is 2.48. The van der Waals surface area contributed by atoms with Gasteiger partial charge in [0.25, 0.3) is 5.56 Å². The van der Waals surface area contributed by atoms with Crippen LogP contribution in [0.15, 0.2) is 27.6 Å². The zero-order valence-corrected chi connectivity index (χ0v) is 10.8. The molecule has 0 bridgehead atoms. The number of aromatic nitrogens is 3. The van der Waals surface area contributed by atoms with E-state index < -0.39 is 0 Å². The molecule has 0 atom stereocenters. The Balaban J connectivity index is 2.12. The van der Waals surface area contributed by atoms with Gasteiger partial charge in [-0.2, -0.15) is 0 Å². The predicted molar refractivity (Wildman–Crippen MR) is 68.5 cm³/mol. The molecule has 0 aliphatic heterocycles. The molecule has 0 spiro atoms. The molecule has 3 rings (SSSR count). The van der Waals surface area contributed by atoms with Crippen LogP contribution >= 0.6 is 15.9 Å². The quantitative estimate of drug-likeness (QED) is 0.876. The van der Waals surface area contributed by atoms with Crippen molar-refractivity contribution in [1.82, 2.24) is 14.8 Å². The summed E-state index contributed by atoms with van der Waals surface area (Å²) in [5.74, 6) is 0.646. The third kappa shape index (κ3) is 1.84. The van der Waals surface area contributed by atoms with Crippen molar-refractivity contribution in [1.29, 1.82) is 0 Å². The second-order valence-electron chi connectivity index (χ2n) is 4.25. The first-order chi connectivity index (χ1) is 8.25. The van der Waals surface area contributed by atoms with E-state index in [9.17, 15) is 4.79 Å². The van der Waals surface area contributed by atoms with Crippen LogP contribution in [0.5, 0.6) is 0 Å². The lowest BCUT2D eigenvalue weighted by molar-refractivity contribution is 0.670. The number of pyridine rings is 1. The number of nitrogens with zero attached hydrogens (tertiary/aromatic N) is 2. The summed E-state index contributed by atoms with van der Waals surface area (Å²) in [4.78, 5) is 16.4. The maximum Gasteiger partial charge on any atom is 0.276 e. The highest BCUT2D eigenvalue weighted by Gasteiger charge is 2.18. The second kappa shape index (κ2) is 4.14. The van der Waals surface area contributed by atoms with Crippen molar-refractivity contribution in [2.45, 2.75) is 25.7 Å². The van der Waals surface area contributed by atoms with Gasteiger partial charge in [0, 0.05) is 21.9 Å². The molecule has 1 N–H and O–H groups in total. The van der Waals surface area contributed by atoms with Crippen molar-refractivity contribution in [3.63, 3.8) is 0 Å². The van der Waals surface area contributed by atoms with E-state index in [2.05, 4.69) is 26.0 Å². The van der Waals surface area contributed by atoms with Crippen LogP contribution in [-0.4, -0.2) is 14.8 Å². The molecule has 0 radical (unpaired) electrons. The first-order valence-electron chi connectivity index (χ1n) is 5.70. The summed E-state index contributed by atoms with van der Waals surface area (Å²) in [5, 5.41) is 3.16. The number of aromatic amines is 1. The highest BCUT2D eigenvalue weighted by Crippen LogP contribution is 2.17. The number of fused-ring (bicyclic) bond motifs is 1. The molecule has 0 fully saturated rings. The number of aryl methyl sites for hydroxylation is 1. The fourth-order valence-electron chi connectivity index (χ4n) is 2.25. The molecule has 2 heterocycles. The maximum atomic E-state index is 12.2. The summed E-state index contributed by atoms with van der Waals surface area (Å²) in [6, 6.07) is 3.71.